The van der Waals surface area contributed by atoms with E-state index in [0.29, 0.717) is 11.8 Å². The summed E-state index contributed by atoms with van der Waals surface area (Å²) >= 11 is 0. The van der Waals surface area contributed by atoms with Crippen molar-refractivity contribution in [2.24, 2.45) is 0 Å². The van der Waals surface area contributed by atoms with E-state index in [2.05, 4.69) is 147 Å². The highest BCUT2D eigenvalue weighted by Gasteiger charge is 2.22. The Kier molecular flexibility index (Phi) is 7.64. The van der Waals surface area contributed by atoms with Gasteiger partial charge in [0.25, 0.3) is 0 Å². The molecule has 4 aromatic rings. The fraction of sp³-hybridized carbons (Fsp3) is 0.323. The van der Waals surface area contributed by atoms with E-state index in [0.717, 1.165) is 6.54 Å². The van der Waals surface area contributed by atoms with E-state index >= 15 is 0 Å². The summed E-state index contributed by atoms with van der Waals surface area (Å²) in [5.74, 6) is 0.935. The molecule has 0 amide bonds. The first-order chi connectivity index (χ1) is 16.4. The number of benzene rings is 3. The molecule has 3 aromatic carbocycles. The fourth-order valence-corrected chi connectivity index (χ4v) is 4.73. The highest BCUT2D eigenvalue weighted by atomic mass is 15.1. The van der Waals surface area contributed by atoms with Crippen LogP contribution in [0.15, 0.2) is 97.6 Å². The van der Waals surface area contributed by atoms with Crippen LogP contribution < -0.4 is 9.88 Å². The summed E-state index contributed by atoms with van der Waals surface area (Å²) in [6.45, 7) is 12.2. The van der Waals surface area contributed by atoms with Crippen LogP contribution in [-0.4, -0.2) is 4.57 Å². The lowest BCUT2D eigenvalue weighted by molar-refractivity contribution is -0.699. The van der Waals surface area contributed by atoms with Crippen molar-refractivity contribution in [1.82, 2.24) is 9.88 Å². The molecule has 34 heavy (non-hydrogen) atoms. The predicted octanol–water partition coefficient (Wildman–Crippen LogP) is 7.10. The van der Waals surface area contributed by atoms with E-state index in [4.69, 9.17) is 0 Å². The van der Waals surface area contributed by atoms with Crippen LogP contribution in [0.1, 0.15) is 80.8 Å². The van der Waals surface area contributed by atoms with Gasteiger partial charge >= 0.3 is 0 Å². The molecule has 3 heteroatoms. The zero-order valence-corrected chi connectivity index (χ0v) is 21.1. The molecule has 0 radical (unpaired) electrons. The van der Waals surface area contributed by atoms with E-state index in [1.807, 2.05) is 0 Å². The first-order valence-electron chi connectivity index (χ1n) is 12.5. The maximum atomic E-state index is 3.88. The number of rotatable bonds is 9. The van der Waals surface area contributed by atoms with E-state index in [1.54, 1.807) is 0 Å². The van der Waals surface area contributed by atoms with Gasteiger partial charge in [-0.25, -0.2) is 9.13 Å². The van der Waals surface area contributed by atoms with Crippen LogP contribution in [0.2, 0.25) is 0 Å². The van der Waals surface area contributed by atoms with Gasteiger partial charge in [-0.15, -0.1) is 0 Å². The Bertz CT molecular complexity index is 1150. The zero-order valence-electron chi connectivity index (χ0n) is 21.1. The van der Waals surface area contributed by atoms with Crippen molar-refractivity contribution in [1.29, 1.82) is 0 Å². The lowest BCUT2D eigenvalue weighted by atomic mass is 9.92. The summed E-state index contributed by atoms with van der Waals surface area (Å²) in [5.41, 5.74) is 6.72. The second-order valence-electron chi connectivity index (χ2n) is 9.87. The molecule has 2 atom stereocenters. The third-order valence-corrected chi connectivity index (χ3v) is 6.64. The van der Waals surface area contributed by atoms with E-state index in [-0.39, 0.29) is 12.1 Å². The first-order valence-corrected chi connectivity index (χ1v) is 12.5. The van der Waals surface area contributed by atoms with Gasteiger partial charge in [0.15, 0.2) is 0 Å². The molecule has 0 saturated heterocycles. The van der Waals surface area contributed by atoms with Gasteiger partial charge in [0, 0.05) is 17.2 Å². The monoisotopic (exact) mass is 452 g/mol. The summed E-state index contributed by atoms with van der Waals surface area (Å²) in [7, 11) is 0. The average Bonchev–Trinajstić information content (AvgIpc) is 3.32. The lowest BCUT2D eigenvalue weighted by Crippen LogP contribution is -2.40. The molecule has 0 aliphatic carbocycles. The topological polar surface area (TPSA) is 20.8 Å². The summed E-state index contributed by atoms with van der Waals surface area (Å²) in [6, 6.07) is 28.6. The Morgan fingerprint density at radius 2 is 1.26 bits per heavy atom. The predicted molar refractivity (Wildman–Crippen MR) is 141 cm³/mol. The van der Waals surface area contributed by atoms with Crippen molar-refractivity contribution in [3.05, 3.63) is 120 Å². The van der Waals surface area contributed by atoms with Crippen molar-refractivity contribution in [2.75, 3.05) is 0 Å². The molecule has 0 fully saturated rings. The zero-order chi connectivity index (χ0) is 24.1. The number of aromatic nitrogens is 2. The fourth-order valence-electron chi connectivity index (χ4n) is 4.73. The smallest absolute Gasteiger partial charge is 0.249 e. The molecule has 0 spiro atoms. The Morgan fingerprint density at radius 3 is 1.82 bits per heavy atom. The average molecular weight is 453 g/mol. The molecule has 0 aliphatic rings. The largest absolute Gasteiger partial charge is 0.300 e. The molecule has 3 nitrogen and oxygen atoms in total. The SMILES string of the molecule is CC(C)c1cccc(C(C)C)c1-n1cc[n+](C[C@@H](N[C@@H](C)c2ccccc2)c2ccccc2)c1. The molecule has 0 aliphatic heterocycles. The molecule has 176 valence electrons. The van der Waals surface area contributed by atoms with Crippen LogP contribution in [0, 0.1) is 0 Å². The van der Waals surface area contributed by atoms with Crippen LogP contribution >= 0.6 is 0 Å². The van der Waals surface area contributed by atoms with Crippen LogP contribution in [0.25, 0.3) is 5.69 Å². The highest BCUT2D eigenvalue weighted by molar-refractivity contribution is 5.50. The van der Waals surface area contributed by atoms with Gasteiger partial charge < -0.3 is 5.32 Å². The molecule has 1 N–H and O–H groups in total. The van der Waals surface area contributed by atoms with Crippen LogP contribution in [-0.2, 0) is 6.54 Å². The maximum absolute atomic E-state index is 3.88. The third kappa shape index (κ3) is 5.48. The normalized spacial score (nSPS) is 13.4. The third-order valence-electron chi connectivity index (χ3n) is 6.64. The van der Waals surface area contributed by atoms with Crippen molar-refractivity contribution in [3.8, 4) is 5.69 Å². The minimum Gasteiger partial charge on any atom is -0.300 e. The van der Waals surface area contributed by atoms with Crippen molar-refractivity contribution < 1.29 is 4.57 Å². The Hall–Kier alpha value is -3.17. The molecule has 0 unspecified atom stereocenters. The van der Waals surface area contributed by atoms with Gasteiger partial charge in [0.05, 0.1) is 6.04 Å². The standard InChI is InChI=1S/C31H38N3/c1-23(2)28-17-12-18-29(24(3)4)31(28)34-20-19-33(22-34)21-30(27-15-10-7-11-16-27)32-25(5)26-13-8-6-9-14-26/h6-20,22-25,30,32H,21H2,1-5H3/q+1/t25-,30+/m0/s1. The summed E-state index contributed by atoms with van der Waals surface area (Å²) < 4.78 is 4.62. The van der Waals surface area contributed by atoms with E-state index in [9.17, 15) is 0 Å². The summed E-state index contributed by atoms with van der Waals surface area (Å²) in [5, 5.41) is 3.88. The number of imidazole rings is 1. The Balaban J connectivity index is 1.64. The second-order valence-corrected chi connectivity index (χ2v) is 9.87. The van der Waals surface area contributed by atoms with Gasteiger partial charge in [-0.3, -0.25) is 0 Å². The van der Waals surface area contributed by atoms with Crippen molar-refractivity contribution in [3.63, 3.8) is 0 Å². The van der Waals surface area contributed by atoms with Crippen molar-refractivity contribution in [2.45, 2.75) is 65.1 Å². The number of nitrogens with one attached hydrogen (secondary N) is 1. The molecular formula is C31H38N3+. The van der Waals surface area contributed by atoms with Gasteiger partial charge in [-0.05, 0) is 29.9 Å². The van der Waals surface area contributed by atoms with Crippen LogP contribution in [0.3, 0.4) is 0 Å². The number of hydrogen-bond acceptors (Lipinski definition) is 1. The first kappa shape index (κ1) is 24.0. The highest BCUT2D eigenvalue weighted by Crippen LogP contribution is 2.30. The summed E-state index contributed by atoms with van der Waals surface area (Å²) in [6.07, 6.45) is 6.65. The molecule has 0 bridgehead atoms. The molecule has 4 rings (SSSR count). The summed E-state index contributed by atoms with van der Waals surface area (Å²) in [4.78, 5) is 0. The molecule has 1 heterocycles. The van der Waals surface area contributed by atoms with E-state index in [1.165, 1.54) is 27.9 Å². The quantitative estimate of drug-likeness (QED) is 0.269. The Labute approximate surface area is 205 Å². The second kappa shape index (κ2) is 10.8. The molecular weight excluding hydrogens is 414 g/mol. The Morgan fingerprint density at radius 1 is 0.706 bits per heavy atom. The van der Waals surface area contributed by atoms with Gasteiger partial charge in [-0.2, -0.15) is 0 Å². The van der Waals surface area contributed by atoms with Gasteiger partial charge in [0.2, 0.25) is 6.33 Å². The maximum Gasteiger partial charge on any atom is 0.249 e. The molecule has 0 saturated carbocycles. The van der Waals surface area contributed by atoms with Crippen LogP contribution in [0.5, 0.6) is 0 Å². The lowest BCUT2D eigenvalue weighted by Gasteiger charge is -2.23. The minimum absolute atomic E-state index is 0.196. The van der Waals surface area contributed by atoms with Crippen LogP contribution in [0.4, 0.5) is 0 Å². The number of nitrogens with zero attached hydrogens (tertiary/aromatic N) is 2. The number of hydrogen-bond donors (Lipinski definition) is 1. The van der Waals surface area contributed by atoms with Gasteiger partial charge in [0.1, 0.15) is 24.6 Å². The minimum atomic E-state index is 0.196. The van der Waals surface area contributed by atoms with E-state index < -0.39 is 0 Å². The molecule has 1 aromatic heterocycles. The van der Waals surface area contributed by atoms with Gasteiger partial charge in [-0.1, -0.05) is 107 Å². The van der Waals surface area contributed by atoms with Crippen molar-refractivity contribution >= 4 is 0 Å². The number of para-hydroxylation sites is 1.